The van der Waals surface area contributed by atoms with Crippen LogP contribution in [-0.2, 0) is 0 Å². The maximum Gasteiger partial charge on any atom is 0.255 e. The van der Waals surface area contributed by atoms with E-state index in [4.69, 9.17) is 0 Å². The molecule has 0 atom stereocenters. The summed E-state index contributed by atoms with van der Waals surface area (Å²) in [6, 6.07) is 23.7. The summed E-state index contributed by atoms with van der Waals surface area (Å²) in [7, 11) is 0. The van der Waals surface area contributed by atoms with Crippen molar-refractivity contribution in [2.75, 3.05) is 5.32 Å². The van der Waals surface area contributed by atoms with E-state index in [1.54, 1.807) is 18.2 Å². The highest BCUT2D eigenvalue weighted by Crippen LogP contribution is 2.23. The number of phenolic OH excluding ortho intramolecular Hbond substituents is 1. The predicted molar refractivity (Wildman–Crippen MR) is 87.9 cm³/mol. The third-order valence-electron chi connectivity index (χ3n) is 3.36. The van der Waals surface area contributed by atoms with Crippen molar-refractivity contribution < 1.29 is 9.90 Å². The number of carbonyl (C=O) groups is 1. The summed E-state index contributed by atoms with van der Waals surface area (Å²) in [5.41, 5.74) is 3.24. The van der Waals surface area contributed by atoms with E-state index in [0.717, 1.165) is 16.8 Å². The molecule has 0 saturated carbocycles. The van der Waals surface area contributed by atoms with Gasteiger partial charge in [0.25, 0.3) is 5.91 Å². The molecule has 0 aromatic heterocycles. The van der Waals surface area contributed by atoms with E-state index >= 15 is 0 Å². The van der Waals surface area contributed by atoms with E-state index < -0.39 is 0 Å². The number of hydrogen-bond acceptors (Lipinski definition) is 2. The van der Waals surface area contributed by atoms with Gasteiger partial charge in [0.05, 0.1) is 0 Å². The van der Waals surface area contributed by atoms with Crippen molar-refractivity contribution in [2.24, 2.45) is 0 Å². The van der Waals surface area contributed by atoms with Crippen LogP contribution in [0.3, 0.4) is 0 Å². The van der Waals surface area contributed by atoms with Crippen LogP contribution in [0, 0.1) is 0 Å². The fourth-order valence-electron chi connectivity index (χ4n) is 2.22. The highest BCUT2D eigenvalue weighted by atomic mass is 16.3. The molecule has 3 nitrogen and oxygen atoms in total. The van der Waals surface area contributed by atoms with Crippen LogP contribution in [0.1, 0.15) is 10.4 Å². The standard InChI is InChI=1S/C19H15NO2/c21-18-11-9-14(10-12-18)15-5-4-6-16(13-15)19(22)20-17-7-2-1-3-8-17/h1-13,21H,(H,20,22). The first-order valence-corrected chi connectivity index (χ1v) is 6.98. The minimum atomic E-state index is -0.146. The van der Waals surface area contributed by atoms with E-state index in [9.17, 15) is 9.90 Å². The minimum Gasteiger partial charge on any atom is -0.508 e. The van der Waals surface area contributed by atoms with Crippen LogP contribution in [0.5, 0.6) is 5.75 Å². The van der Waals surface area contributed by atoms with Gasteiger partial charge in [-0.2, -0.15) is 0 Å². The Morgan fingerprint density at radius 3 is 2.23 bits per heavy atom. The van der Waals surface area contributed by atoms with Gasteiger partial charge in [0.15, 0.2) is 0 Å². The lowest BCUT2D eigenvalue weighted by molar-refractivity contribution is 0.102. The zero-order valence-corrected chi connectivity index (χ0v) is 11.9. The Labute approximate surface area is 128 Å². The molecule has 0 aliphatic rings. The SMILES string of the molecule is O=C(Nc1ccccc1)c1cccc(-c2ccc(O)cc2)c1. The third-order valence-corrected chi connectivity index (χ3v) is 3.36. The van der Waals surface area contributed by atoms with Crippen molar-refractivity contribution in [3.63, 3.8) is 0 Å². The topological polar surface area (TPSA) is 49.3 Å². The number of nitrogens with one attached hydrogen (secondary N) is 1. The summed E-state index contributed by atoms with van der Waals surface area (Å²) >= 11 is 0. The van der Waals surface area contributed by atoms with Gasteiger partial charge in [-0.05, 0) is 47.5 Å². The molecule has 0 spiro atoms. The lowest BCUT2D eigenvalue weighted by Gasteiger charge is -2.07. The molecule has 0 fully saturated rings. The first-order valence-electron chi connectivity index (χ1n) is 6.98. The summed E-state index contributed by atoms with van der Waals surface area (Å²) < 4.78 is 0. The van der Waals surface area contributed by atoms with Crippen molar-refractivity contribution in [1.29, 1.82) is 0 Å². The zero-order chi connectivity index (χ0) is 15.4. The molecule has 3 aromatic carbocycles. The number of para-hydroxylation sites is 1. The zero-order valence-electron chi connectivity index (χ0n) is 11.9. The van der Waals surface area contributed by atoms with Crippen molar-refractivity contribution in [2.45, 2.75) is 0 Å². The Bertz CT molecular complexity index is 780. The third kappa shape index (κ3) is 3.15. The fraction of sp³-hybridized carbons (Fsp3) is 0. The second-order valence-electron chi connectivity index (χ2n) is 4.95. The average molecular weight is 289 g/mol. The number of anilines is 1. The Morgan fingerprint density at radius 2 is 1.50 bits per heavy atom. The molecule has 0 aliphatic heterocycles. The first-order chi connectivity index (χ1) is 10.7. The molecule has 3 heteroatoms. The average Bonchev–Trinajstić information content (AvgIpc) is 2.56. The van der Waals surface area contributed by atoms with Gasteiger partial charge >= 0.3 is 0 Å². The second kappa shape index (κ2) is 6.14. The summed E-state index contributed by atoms with van der Waals surface area (Å²) in [6.07, 6.45) is 0. The van der Waals surface area contributed by atoms with Crippen LogP contribution in [0.15, 0.2) is 78.9 Å². The second-order valence-corrected chi connectivity index (χ2v) is 4.95. The fourth-order valence-corrected chi connectivity index (χ4v) is 2.22. The number of benzene rings is 3. The number of carbonyl (C=O) groups excluding carboxylic acids is 1. The first kappa shape index (κ1) is 13.9. The molecular weight excluding hydrogens is 274 g/mol. The van der Waals surface area contributed by atoms with Gasteiger partial charge in [0.1, 0.15) is 5.75 Å². The van der Waals surface area contributed by atoms with Gasteiger partial charge in [-0.15, -0.1) is 0 Å². The van der Waals surface area contributed by atoms with Gasteiger partial charge in [0, 0.05) is 11.3 Å². The molecule has 0 aliphatic carbocycles. The molecule has 0 radical (unpaired) electrons. The van der Waals surface area contributed by atoms with Crippen molar-refractivity contribution in [3.8, 4) is 16.9 Å². The van der Waals surface area contributed by atoms with Gasteiger partial charge in [-0.25, -0.2) is 0 Å². The molecule has 22 heavy (non-hydrogen) atoms. The molecule has 0 heterocycles. The van der Waals surface area contributed by atoms with E-state index in [-0.39, 0.29) is 11.7 Å². The largest absolute Gasteiger partial charge is 0.508 e. The maximum absolute atomic E-state index is 12.3. The van der Waals surface area contributed by atoms with Crippen LogP contribution in [0.4, 0.5) is 5.69 Å². The minimum absolute atomic E-state index is 0.146. The number of phenols is 1. The van der Waals surface area contributed by atoms with Crippen molar-refractivity contribution in [3.05, 3.63) is 84.4 Å². The van der Waals surface area contributed by atoms with Crippen LogP contribution in [-0.4, -0.2) is 11.0 Å². The summed E-state index contributed by atoms with van der Waals surface area (Å²) in [5, 5.41) is 12.2. The van der Waals surface area contributed by atoms with Gasteiger partial charge in [-0.3, -0.25) is 4.79 Å². The number of hydrogen-bond donors (Lipinski definition) is 2. The summed E-state index contributed by atoms with van der Waals surface area (Å²) in [6.45, 7) is 0. The lowest BCUT2D eigenvalue weighted by Crippen LogP contribution is -2.11. The van der Waals surface area contributed by atoms with Crippen LogP contribution < -0.4 is 5.32 Å². The lowest BCUT2D eigenvalue weighted by atomic mass is 10.0. The number of amides is 1. The molecule has 3 rings (SSSR count). The molecule has 0 bridgehead atoms. The monoisotopic (exact) mass is 289 g/mol. The quantitative estimate of drug-likeness (QED) is 0.754. The van der Waals surface area contributed by atoms with Crippen molar-refractivity contribution >= 4 is 11.6 Å². The predicted octanol–water partition coefficient (Wildman–Crippen LogP) is 4.31. The van der Waals surface area contributed by atoms with Crippen LogP contribution in [0.2, 0.25) is 0 Å². The smallest absolute Gasteiger partial charge is 0.255 e. The number of aromatic hydroxyl groups is 1. The van der Waals surface area contributed by atoms with Crippen molar-refractivity contribution in [1.82, 2.24) is 0 Å². The molecule has 0 unspecified atom stereocenters. The highest BCUT2D eigenvalue weighted by molar-refractivity contribution is 6.04. The van der Waals surface area contributed by atoms with E-state index in [2.05, 4.69) is 5.32 Å². The van der Waals surface area contributed by atoms with E-state index in [0.29, 0.717) is 5.56 Å². The Balaban J connectivity index is 1.84. The highest BCUT2D eigenvalue weighted by Gasteiger charge is 2.07. The van der Waals surface area contributed by atoms with Crippen LogP contribution in [0.25, 0.3) is 11.1 Å². The molecule has 108 valence electrons. The van der Waals surface area contributed by atoms with E-state index in [1.165, 1.54) is 0 Å². The molecule has 3 aromatic rings. The molecule has 1 amide bonds. The van der Waals surface area contributed by atoms with Gasteiger partial charge < -0.3 is 10.4 Å². The number of rotatable bonds is 3. The molecular formula is C19H15NO2. The Morgan fingerprint density at radius 1 is 0.773 bits per heavy atom. The van der Waals surface area contributed by atoms with Gasteiger partial charge in [0.2, 0.25) is 0 Å². The summed E-state index contributed by atoms with van der Waals surface area (Å²) in [4.78, 5) is 12.3. The Hall–Kier alpha value is -3.07. The van der Waals surface area contributed by atoms with E-state index in [1.807, 2.05) is 60.7 Å². The summed E-state index contributed by atoms with van der Waals surface area (Å²) in [5.74, 6) is 0.0774. The van der Waals surface area contributed by atoms with Crippen LogP contribution >= 0.6 is 0 Å². The molecule has 0 saturated heterocycles. The normalized spacial score (nSPS) is 10.2. The molecule has 2 N–H and O–H groups in total. The maximum atomic E-state index is 12.3. The van der Waals surface area contributed by atoms with Gasteiger partial charge in [-0.1, -0.05) is 42.5 Å². The Kier molecular flexibility index (Phi) is 3.88.